The summed E-state index contributed by atoms with van der Waals surface area (Å²) in [6, 6.07) is 32.0. The normalized spacial score (nSPS) is 13.6. The minimum absolute atomic E-state index is 0.0198. The first-order valence-corrected chi connectivity index (χ1v) is 11.8. The number of amides is 2. The van der Waals surface area contributed by atoms with Crippen molar-refractivity contribution in [1.29, 1.82) is 0 Å². The van der Waals surface area contributed by atoms with E-state index in [9.17, 15) is 9.59 Å². The van der Waals surface area contributed by atoms with Gasteiger partial charge in [-0.25, -0.2) is 9.88 Å². The fourth-order valence-electron chi connectivity index (χ4n) is 4.76. The van der Waals surface area contributed by atoms with Crippen molar-refractivity contribution < 1.29 is 14.3 Å². The van der Waals surface area contributed by atoms with E-state index in [-0.39, 0.29) is 5.95 Å². The zero-order valence-corrected chi connectivity index (χ0v) is 19.4. The molecule has 1 aromatic heterocycles. The van der Waals surface area contributed by atoms with Gasteiger partial charge in [-0.1, -0.05) is 60.7 Å². The van der Waals surface area contributed by atoms with Crippen LogP contribution in [0.2, 0.25) is 0 Å². The van der Waals surface area contributed by atoms with E-state index >= 15 is 0 Å². The molecule has 0 atom stereocenters. The topological polar surface area (TPSA) is 75.6 Å². The first-order valence-electron chi connectivity index (χ1n) is 11.8. The molecule has 2 aliphatic rings. The van der Waals surface area contributed by atoms with E-state index in [1.807, 2.05) is 89.8 Å². The molecule has 0 unspecified atom stereocenters. The Kier molecular flexibility index (Phi) is 4.62. The maximum Gasteiger partial charge on any atom is 0.268 e. The van der Waals surface area contributed by atoms with Crippen molar-refractivity contribution in [2.45, 2.75) is 0 Å². The molecular formula is C30H18N4O3. The van der Waals surface area contributed by atoms with Crippen molar-refractivity contribution in [1.82, 2.24) is 9.97 Å². The third-order valence-electron chi connectivity index (χ3n) is 6.48. The summed E-state index contributed by atoms with van der Waals surface area (Å²) in [5.41, 5.74) is 4.08. The van der Waals surface area contributed by atoms with Crippen molar-refractivity contribution >= 4 is 35.0 Å². The molecule has 0 N–H and O–H groups in total. The molecule has 0 saturated heterocycles. The van der Waals surface area contributed by atoms with E-state index in [0.717, 1.165) is 27.4 Å². The molecule has 5 aromatic rings. The summed E-state index contributed by atoms with van der Waals surface area (Å²) in [6.45, 7) is 0. The summed E-state index contributed by atoms with van der Waals surface area (Å²) in [5, 5.41) is 0. The molecule has 4 aromatic carbocycles. The molecule has 2 amide bonds. The quantitative estimate of drug-likeness (QED) is 0.267. The second-order valence-electron chi connectivity index (χ2n) is 8.66. The number of carbonyl (C=O) groups excluding carboxylic acids is 2. The van der Waals surface area contributed by atoms with Gasteiger partial charge in [-0.2, -0.15) is 4.98 Å². The monoisotopic (exact) mass is 482 g/mol. The molecule has 0 spiro atoms. The molecule has 0 radical (unpaired) electrons. The van der Waals surface area contributed by atoms with Crippen molar-refractivity contribution in [3.63, 3.8) is 0 Å². The van der Waals surface area contributed by atoms with E-state index in [1.165, 1.54) is 0 Å². The number of aromatic nitrogens is 2. The van der Waals surface area contributed by atoms with Crippen molar-refractivity contribution in [3.05, 3.63) is 120 Å². The van der Waals surface area contributed by atoms with Crippen LogP contribution in [-0.2, 0) is 0 Å². The van der Waals surface area contributed by atoms with Gasteiger partial charge in [0, 0.05) is 6.20 Å². The van der Waals surface area contributed by atoms with E-state index < -0.39 is 11.8 Å². The van der Waals surface area contributed by atoms with Gasteiger partial charge in [0.05, 0.1) is 22.5 Å². The Morgan fingerprint density at radius 1 is 0.595 bits per heavy atom. The molecule has 176 valence electrons. The van der Waals surface area contributed by atoms with Crippen LogP contribution in [0.5, 0.6) is 11.5 Å². The third kappa shape index (κ3) is 3.29. The Labute approximate surface area is 212 Å². The molecule has 3 heterocycles. The zero-order chi connectivity index (χ0) is 24.9. The van der Waals surface area contributed by atoms with Gasteiger partial charge >= 0.3 is 0 Å². The maximum absolute atomic E-state index is 13.5. The summed E-state index contributed by atoms with van der Waals surface area (Å²) in [7, 11) is 0. The number of rotatable bonds is 3. The van der Waals surface area contributed by atoms with Gasteiger partial charge in [0.2, 0.25) is 5.95 Å². The van der Waals surface area contributed by atoms with Gasteiger partial charge in [-0.05, 0) is 53.6 Å². The van der Waals surface area contributed by atoms with Crippen molar-refractivity contribution in [3.8, 4) is 22.6 Å². The van der Waals surface area contributed by atoms with E-state index in [2.05, 4.69) is 9.97 Å². The van der Waals surface area contributed by atoms with Crippen LogP contribution >= 0.6 is 0 Å². The molecule has 2 aliphatic heterocycles. The fraction of sp³-hybridized carbons (Fsp3) is 0. The van der Waals surface area contributed by atoms with Gasteiger partial charge in [0.15, 0.2) is 11.5 Å². The molecule has 7 heteroatoms. The Morgan fingerprint density at radius 3 is 1.97 bits per heavy atom. The summed E-state index contributed by atoms with van der Waals surface area (Å²) in [5.74, 6) is 0.990. The predicted octanol–water partition coefficient (Wildman–Crippen LogP) is 6.52. The van der Waals surface area contributed by atoms with Crippen LogP contribution < -0.4 is 14.5 Å². The van der Waals surface area contributed by atoms with Crippen LogP contribution in [0.4, 0.5) is 23.1 Å². The molecule has 37 heavy (non-hydrogen) atoms. The third-order valence-corrected chi connectivity index (χ3v) is 6.48. The Morgan fingerprint density at radius 2 is 1.24 bits per heavy atom. The average Bonchev–Trinajstić information content (AvgIpc) is 3.21. The molecule has 0 aliphatic carbocycles. The number of fused-ring (bicyclic) bond motifs is 3. The summed E-state index contributed by atoms with van der Waals surface area (Å²) < 4.78 is 6.08. The average molecular weight is 482 g/mol. The standard InChI is InChI=1S/C30H18N4O3/c35-28-21-15-14-20(19-8-2-1-3-9-19)18-22(21)29(36)34(28)30-31-17-16-27(32-30)33-23-10-4-6-12-25(23)37-26-13-7-5-11-24(26)33/h1-18H. The molecule has 0 saturated carbocycles. The number of anilines is 4. The van der Waals surface area contributed by atoms with Crippen LogP contribution in [0.25, 0.3) is 11.1 Å². The van der Waals surface area contributed by atoms with E-state index in [4.69, 9.17) is 4.74 Å². The minimum Gasteiger partial charge on any atom is -0.453 e. The molecule has 7 rings (SSSR count). The smallest absolute Gasteiger partial charge is 0.268 e. The Hall–Kier alpha value is -5.30. The summed E-state index contributed by atoms with van der Waals surface area (Å²) in [6.07, 6.45) is 1.55. The second kappa shape index (κ2) is 8.13. The number of carbonyl (C=O) groups is 2. The highest BCUT2D eigenvalue weighted by Crippen LogP contribution is 2.49. The van der Waals surface area contributed by atoms with Crippen LogP contribution in [0, 0.1) is 0 Å². The molecule has 7 nitrogen and oxygen atoms in total. The van der Waals surface area contributed by atoms with Crippen molar-refractivity contribution in [2.75, 3.05) is 9.80 Å². The predicted molar refractivity (Wildman–Crippen MR) is 140 cm³/mol. The lowest BCUT2D eigenvalue weighted by Gasteiger charge is -2.32. The number of ether oxygens (including phenoxy) is 1. The number of hydrogen-bond acceptors (Lipinski definition) is 6. The largest absolute Gasteiger partial charge is 0.453 e. The zero-order valence-electron chi connectivity index (χ0n) is 19.4. The number of imide groups is 1. The van der Waals surface area contributed by atoms with Crippen LogP contribution in [-0.4, -0.2) is 21.8 Å². The van der Waals surface area contributed by atoms with Gasteiger partial charge in [-0.15, -0.1) is 0 Å². The SMILES string of the molecule is O=C1c2ccc(-c3ccccc3)cc2C(=O)N1c1nccc(N2c3ccccc3Oc3ccccc32)n1. The number of benzene rings is 4. The molecular weight excluding hydrogens is 464 g/mol. The number of hydrogen-bond donors (Lipinski definition) is 0. The molecule has 0 fully saturated rings. The number of para-hydroxylation sites is 4. The number of nitrogens with zero attached hydrogens (tertiary/aromatic N) is 4. The second-order valence-corrected chi connectivity index (χ2v) is 8.66. The lowest BCUT2D eigenvalue weighted by Crippen LogP contribution is -2.31. The summed E-state index contributed by atoms with van der Waals surface area (Å²) >= 11 is 0. The summed E-state index contributed by atoms with van der Waals surface area (Å²) in [4.78, 5) is 38.8. The first kappa shape index (κ1) is 21.0. The molecule has 0 bridgehead atoms. The van der Waals surface area contributed by atoms with Crippen LogP contribution in [0.15, 0.2) is 109 Å². The van der Waals surface area contributed by atoms with Crippen molar-refractivity contribution in [2.24, 2.45) is 0 Å². The van der Waals surface area contributed by atoms with E-state index in [0.29, 0.717) is 28.4 Å². The Bertz CT molecular complexity index is 1670. The lowest BCUT2D eigenvalue weighted by atomic mass is 10.0. The van der Waals surface area contributed by atoms with Crippen LogP contribution in [0.1, 0.15) is 20.7 Å². The highest BCUT2D eigenvalue weighted by atomic mass is 16.5. The Balaban J connectivity index is 1.30. The van der Waals surface area contributed by atoms with Gasteiger partial charge in [-0.3, -0.25) is 14.5 Å². The van der Waals surface area contributed by atoms with Gasteiger partial charge in [0.1, 0.15) is 5.82 Å². The van der Waals surface area contributed by atoms with Gasteiger partial charge < -0.3 is 4.74 Å². The maximum atomic E-state index is 13.5. The fourth-order valence-corrected chi connectivity index (χ4v) is 4.76. The van der Waals surface area contributed by atoms with E-state index in [1.54, 1.807) is 24.4 Å². The minimum atomic E-state index is -0.447. The highest BCUT2D eigenvalue weighted by Gasteiger charge is 2.39. The first-order chi connectivity index (χ1) is 18.2. The van der Waals surface area contributed by atoms with Gasteiger partial charge in [0.25, 0.3) is 11.8 Å². The highest BCUT2D eigenvalue weighted by molar-refractivity contribution is 6.34. The lowest BCUT2D eigenvalue weighted by molar-refractivity contribution is 0.0924. The van der Waals surface area contributed by atoms with Crippen LogP contribution in [0.3, 0.4) is 0 Å².